The number of carbonyl (C=O) groups is 2. The van der Waals surface area contributed by atoms with Gasteiger partial charge in [0.25, 0.3) is 5.91 Å². The quantitative estimate of drug-likeness (QED) is 0.637. The van der Waals surface area contributed by atoms with E-state index in [0.717, 1.165) is 0 Å². The molecule has 0 bridgehead atoms. The molecule has 0 atom stereocenters. The van der Waals surface area contributed by atoms with E-state index in [1.165, 1.54) is 6.20 Å². The van der Waals surface area contributed by atoms with Gasteiger partial charge in [-0.1, -0.05) is 0 Å². The second-order valence-electron chi connectivity index (χ2n) is 8.82. The van der Waals surface area contributed by atoms with Crippen LogP contribution in [0.15, 0.2) is 24.5 Å². The molecule has 1 saturated heterocycles. The third-order valence-corrected chi connectivity index (χ3v) is 5.26. The van der Waals surface area contributed by atoms with Crippen LogP contribution < -0.4 is 16.8 Å². The Bertz CT molecular complexity index is 1040. The standard InChI is InChI=1S/C21H28N8O3/c1-20(2,3)32-19(31)28-10-6-21(5-8-22,7-11-28)29-13-15(17(24)30)18(27-29)26-14-4-9-25-16(23)12-14/h4,9,12-13H,5-7,10-11H2,1-3H3,(H2,24,30)(H3,23,25,26,27). The maximum absolute atomic E-state index is 12.4. The minimum Gasteiger partial charge on any atom is -0.444 e. The van der Waals surface area contributed by atoms with Gasteiger partial charge in [0.1, 0.15) is 17.0 Å². The molecule has 0 spiro atoms. The number of nitrogens with zero attached hydrogens (tertiary/aromatic N) is 5. The molecule has 32 heavy (non-hydrogen) atoms. The molecule has 5 N–H and O–H groups in total. The Morgan fingerprint density at radius 3 is 2.59 bits per heavy atom. The highest BCUT2D eigenvalue weighted by Crippen LogP contribution is 2.35. The minimum atomic E-state index is -0.686. The molecule has 0 unspecified atom stereocenters. The molecular weight excluding hydrogens is 412 g/mol. The summed E-state index contributed by atoms with van der Waals surface area (Å²) in [5.41, 5.74) is 10.8. The lowest BCUT2D eigenvalue weighted by Gasteiger charge is -2.40. The Kier molecular flexibility index (Phi) is 6.25. The Labute approximate surface area is 186 Å². The van der Waals surface area contributed by atoms with Gasteiger partial charge in [0.2, 0.25) is 0 Å². The van der Waals surface area contributed by atoms with Crippen LogP contribution in [0.2, 0.25) is 0 Å². The number of carbonyl (C=O) groups excluding carboxylic acids is 2. The van der Waals surface area contributed by atoms with Crippen molar-refractivity contribution in [1.82, 2.24) is 19.7 Å². The van der Waals surface area contributed by atoms with Gasteiger partial charge in [-0.25, -0.2) is 9.78 Å². The molecule has 2 aromatic rings. The fraction of sp³-hybridized carbons (Fsp3) is 0.476. The SMILES string of the molecule is CC(C)(C)OC(=O)N1CCC(CC#N)(n2cc(C(N)=O)c(Nc3ccnc(N)c3)n2)CC1. The zero-order chi connectivity index (χ0) is 23.5. The zero-order valence-electron chi connectivity index (χ0n) is 18.5. The first kappa shape index (κ1) is 22.9. The number of primary amides is 1. The van der Waals surface area contributed by atoms with E-state index < -0.39 is 17.0 Å². The van der Waals surface area contributed by atoms with E-state index in [0.29, 0.717) is 37.4 Å². The maximum atomic E-state index is 12.4. The monoisotopic (exact) mass is 440 g/mol. The summed E-state index contributed by atoms with van der Waals surface area (Å²) in [5, 5.41) is 17.1. The fourth-order valence-corrected chi connectivity index (χ4v) is 3.62. The van der Waals surface area contributed by atoms with Crippen molar-refractivity contribution in [2.45, 2.75) is 51.2 Å². The normalized spacial score (nSPS) is 15.6. The Balaban J connectivity index is 1.86. The number of nitrogen functional groups attached to an aromatic ring is 1. The number of amides is 2. The van der Waals surface area contributed by atoms with Crippen LogP contribution in [0.4, 0.5) is 22.1 Å². The summed E-state index contributed by atoms with van der Waals surface area (Å²) in [4.78, 5) is 30.1. The second-order valence-corrected chi connectivity index (χ2v) is 8.82. The maximum Gasteiger partial charge on any atom is 0.410 e. The topological polar surface area (TPSA) is 165 Å². The molecule has 2 aromatic heterocycles. The van der Waals surface area contributed by atoms with Crippen LogP contribution in [0, 0.1) is 11.3 Å². The average Bonchev–Trinajstić information content (AvgIpc) is 3.12. The number of nitriles is 1. The van der Waals surface area contributed by atoms with Gasteiger partial charge in [0.15, 0.2) is 5.82 Å². The van der Waals surface area contributed by atoms with Crippen molar-refractivity contribution in [3.05, 3.63) is 30.1 Å². The lowest BCUT2D eigenvalue weighted by atomic mass is 9.85. The molecule has 2 amide bonds. The number of piperidine rings is 1. The third-order valence-electron chi connectivity index (χ3n) is 5.26. The van der Waals surface area contributed by atoms with Gasteiger partial charge in [-0.3, -0.25) is 9.48 Å². The third kappa shape index (κ3) is 5.08. The smallest absolute Gasteiger partial charge is 0.410 e. The van der Waals surface area contributed by atoms with Crippen LogP contribution in [0.1, 0.15) is 50.4 Å². The number of likely N-dealkylation sites (tertiary alicyclic amines) is 1. The van der Waals surface area contributed by atoms with E-state index in [1.807, 2.05) is 20.8 Å². The summed E-state index contributed by atoms with van der Waals surface area (Å²) in [6.45, 7) is 6.23. The first-order valence-corrected chi connectivity index (χ1v) is 10.3. The number of rotatable bonds is 5. The van der Waals surface area contributed by atoms with Gasteiger partial charge in [0.05, 0.1) is 18.0 Å². The van der Waals surface area contributed by atoms with Gasteiger partial charge in [-0.2, -0.15) is 10.4 Å². The van der Waals surface area contributed by atoms with Crippen LogP contribution in [0.5, 0.6) is 0 Å². The molecule has 11 nitrogen and oxygen atoms in total. The molecule has 0 aromatic carbocycles. The van der Waals surface area contributed by atoms with Crippen LogP contribution in [0.25, 0.3) is 0 Å². The highest BCUT2D eigenvalue weighted by Gasteiger charge is 2.40. The van der Waals surface area contributed by atoms with Crippen molar-refractivity contribution in [2.75, 3.05) is 24.1 Å². The summed E-state index contributed by atoms with van der Waals surface area (Å²) in [7, 11) is 0. The number of nitrogens with two attached hydrogens (primary N) is 2. The van der Waals surface area contributed by atoms with Crippen LogP contribution in [-0.4, -0.2) is 50.4 Å². The predicted octanol–water partition coefficient (Wildman–Crippen LogP) is 2.34. The van der Waals surface area contributed by atoms with E-state index in [9.17, 15) is 14.9 Å². The molecule has 0 saturated carbocycles. The molecule has 1 aliphatic heterocycles. The zero-order valence-corrected chi connectivity index (χ0v) is 18.5. The number of pyridine rings is 1. The number of hydrogen-bond acceptors (Lipinski definition) is 8. The Morgan fingerprint density at radius 2 is 2.03 bits per heavy atom. The van der Waals surface area contributed by atoms with E-state index in [-0.39, 0.29) is 23.9 Å². The van der Waals surface area contributed by atoms with E-state index in [4.69, 9.17) is 16.2 Å². The van der Waals surface area contributed by atoms with Gasteiger partial charge in [-0.15, -0.1) is 0 Å². The molecule has 3 rings (SSSR count). The first-order valence-electron chi connectivity index (χ1n) is 10.3. The second kappa shape index (κ2) is 8.74. The summed E-state index contributed by atoms with van der Waals surface area (Å²) in [6.07, 6.45) is 3.80. The van der Waals surface area contributed by atoms with Crippen LogP contribution in [-0.2, 0) is 10.3 Å². The lowest BCUT2D eigenvalue weighted by molar-refractivity contribution is 0.0105. The molecular formula is C21H28N8O3. The highest BCUT2D eigenvalue weighted by molar-refractivity contribution is 5.98. The molecule has 0 aliphatic carbocycles. The molecule has 3 heterocycles. The Morgan fingerprint density at radius 1 is 1.34 bits per heavy atom. The highest BCUT2D eigenvalue weighted by atomic mass is 16.6. The van der Waals surface area contributed by atoms with Crippen molar-refractivity contribution in [3.8, 4) is 6.07 Å². The largest absolute Gasteiger partial charge is 0.444 e. The first-order chi connectivity index (χ1) is 15.0. The van der Waals surface area contributed by atoms with Crippen molar-refractivity contribution >= 4 is 29.3 Å². The van der Waals surface area contributed by atoms with Crippen molar-refractivity contribution < 1.29 is 14.3 Å². The lowest BCUT2D eigenvalue weighted by Crippen LogP contribution is -2.49. The molecule has 11 heteroatoms. The van der Waals surface area contributed by atoms with Crippen molar-refractivity contribution in [3.63, 3.8) is 0 Å². The van der Waals surface area contributed by atoms with Crippen LogP contribution >= 0.6 is 0 Å². The summed E-state index contributed by atoms with van der Waals surface area (Å²) < 4.78 is 7.08. The fourth-order valence-electron chi connectivity index (χ4n) is 3.62. The van der Waals surface area contributed by atoms with Crippen molar-refractivity contribution in [2.24, 2.45) is 5.73 Å². The number of anilines is 3. The minimum absolute atomic E-state index is 0.163. The van der Waals surface area contributed by atoms with Gasteiger partial charge in [0, 0.05) is 37.2 Å². The molecule has 1 fully saturated rings. The van der Waals surface area contributed by atoms with Gasteiger partial charge < -0.3 is 26.4 Å². The van der Waals surface area contributed by atoms with E-state index >= 15 is 0 Å². The molecule has 0 radical (unpaired) electrons. The Hall–Kier alpha value is -3.81. The van der Waals surface area contributed by atoms with Gasteiger partial charge >= 0.3 is 6.09 Å². The molecule has 1 aliphatic rings. The average molecular weight is 441 g/mol. The summed E-state index contributed by atoms with van der Waals surface area (Å²) >= 11 is 0. The van der Waals surface area contributed by atoms with Crippen molar-refractivity contribution in [1.29, 1.82) is 5.26 Å². The number of ether oxygens (including phenoxy) is 1. The van der Waals surface area contributed by atoms with E-state index in [2.05, 4.69) is 21.5 Å². The number of aromatic nitrogens is 3. The number of hydrogen-bond donors (Lipinski definition) is 3. The van der Waals surface area contributed by atoms with Gasteiger partial charge in [-0.05, 0) is 39.7 Å². The van der Waals surface area contributed by atoms with E-state index in [1.54, 1.807) is 27.9 Å². The molecule has 170 valence electrons. The summed E-state index contributed by atoms with van der Waals surface area (Å²) in [5.74, 6) is -0.0837. The predicted molar refractivity (Wildman–Crippen MR) is 118 cm³/mol. The number of nitrogens with one attached hydrogen (secondary N) is 1. The summed E-state index contributed by atoms with van der Waals surface area (Å²) in [6, 6.07) is 5.51. The van der Waals surface area contributed by atoms with Crippen LogP contribution in [0.3, 0.4) is 0 Å².